The number of hydrogen-bond acceptors (Lipinski definition) is 4. The zero-order chi connectivity index (χ0) is 13.8. The predicted octanol–water partition coefficient (Wildman–Crippen LogP) is 2.23. The van der Waals surface area contributed by atoms with Crippen molar-refractivity contribution >= 4 is 17.3 Å². The van der Waals surface area contributed by atoms with Gasteiger partial charge in [-0.3, -0.25) is 9.78 Å². The van der Waals surface area contributed by atoms with E-state index in [-0.39, 0.29) is 5.91 Å². The van der Waals surface area contributed by atoms with Crippen molar-refractivity contribution in [2.45, 2.75) is 6.92 Å². The summed E-state index contributed by atoms with van der Waals surface area (Å²) in [5, 5.41) is 2.81. The standard InChI is InChI=1S/C14H15N3O2/c1-9-8-16-6-5-12(9)17-14(18)11-7-10(15)3-4-13(11)19-2/h3-8H,15H2,1-2H3,(H,16,17,18). The molecule has 0 unspecified atom stereocenters. The van der Waals surface area contributed by atoms with Crippen molar-refractivity contribution < 1.29 is 9.53 Å². The molecule has 0 aliphatic carbocycles. The van der Waals surface area contributed by atoms with E-state index in [1.807, 2.05) is 6.92 Å². The van der Waals surface area contributed by atoms with Gasteiger partial charge >= 0.3 is 0 Å². The van der Waals surface area contributed by atoms with Crippen LogP contribution < -0.4 is 15.8 Å². The van der Waals surface area contributed by atoms with Crippen LogP contribution in [0.15, 0.2) is 36.7 Å². The molecule has 0 aliphatic rings. The predicted molar refractivity (Wildman–Crippen MR) is 74.3 cm³/mol. The Morgan fingerprint density at radius 1 is 1.37 bits per heavy atom. The molecule has 0 atom stereocenters. The second kappa shape index (κ2) is 5.39. The van der Waals surface area contributed by atoms with Crippen molar-refractivity contribution in [3.8, 4) is 5.75 Å². The average molecular weight is 257 g/mol. The van der Waals surface area contributed by atoms with Crippen LogP contribution in [-0.2, 0) is 0 Å². The molecule has 2 aromatic rings. The highest BCUT2D eigenvalue weighted by molar-refractivity contribution is 6.07. The van der Waals surface area contributed by atoms with Gasteiger partial charge in [0.1, 0.15) is 5.75 Å². The monoisotopic (exact) mass is 257 g/mol. The number of ether oxygens (including phenoxy) is 1. The number of aryl methyl sites for hydroxylation is 1. The number of nitrogens with one attached hydrogen (secondary N) is 1. The lowest BCUT2D eigenvalue weighted by Crippen LogP contribution is -2.14. The Bertz CT molecular complexity index is 611. The highest BCUT2D eigenvalue weighted by Crippen LogP contribution is 2.23. The summed E-state index contributed by atoms with van der Waals surface area (Å²) in [5.74, 6) is 0.219. The molecule has 0 fully saturated rings. The first-order chi connectivity index (χ1) is 9.11. The van der Waals surface area contributed by atoms with Gasteiger partial charge in [0.05, 0.1) is 12.7 Å². The van der Waals surface area contributed by atoms with Gasteiger partial charge in [-0.05, 0) is 36.8 Å². The molecular formula is C14H15N3O2. The summed E-state index contributed by atoms with van der Waals surface area (Å²) in [4.78, 5) is 16.2. The molecule has 0 bridgehead atoms. The van der Waals surface area contributed by atoms with Crippen LogP contribution in [0.2, 0.25) is 0 Å². The van der Waals surface area contributed by atoms with Crippen LogP contribution in [0.1, 0.15) is 15.9 Å². The minimum Gasteiger partial charge on any atom is -0.496 e. The van der Waals surface area contributed by atoms with Crippen LogP contribution >= 0.6 is 0 Å². The molecule has 19 heavy (non-hydrogen) atoms. The van der Waals surface area contributed by atoms with Crippen LogP contribution in [0.5, 0.6) is 5.75 Å². The number of carbonyl (C=O) groups is 1. The zero-order valence-corrected chi connectivity index (χ0v) is 10.8. The van der Waals surface area contributed by atoms with Crippen LogP contribution in [0.3, 0.4) is 0 Å². The maximum absolute atomic E-state index is 12.2. The topological polar surface area (TPSA) is 77.2 Å². The number of aromatic nitrogens is 1. The molecule has 2 rings (SSSR count). The van der Waals surface area contributed by atoms with Gasteiger partial charge in [0.2, 0.25) is 0 Å². The SMILES string of the molecule is COc1ccc(N)cc1C(=O)Nc1ccncc1C. The van der Waals surface area contributed by atoms with Crippen molar-refractivity contribution in [2.24, 2.45) is 0 Å². The highest BCUT2D eigenvalue weighted by Gasteiger charge is 2.13. The number of pyridine rings is 1. The third-order valence-electron chi connectivity index (χ3n) is 2.74. The molecule has 5 nitrogen and oxygen atoms in total. The Balaban J connectivity index is 2.30. The number of nitrogens with zero attached hydrogens (tertiary/aromatic N) is 1. The second-order valence-corrected chi connectivity index (χ2v) is 4.10. The lowest BCUT2D eigenvalue weighted by Gasteiger charge is -2.11. The third kappa shape index (κ3) is 2.82. The van der Waals surface area contributed by atoms with E-state index in [1.165, 1.54) is 7.11 Å². The van der Waals surface area contributed by atoms with Crippen molar-refractivity contribution in [2.75, 3.05) is 18.2 Å². The van der Waals surface area contributed by atoms with Crippen molar-refractivity contribution in [3.05, 3.63) is 47.8 Å². The molecule has 3 N–H and O–H groups in total. The number of nitrogen functional groups attached to an aromatic ring is 1. The van der Waals surface area contributed by atoms with E-state index < -0.39 is 0 Å². The number of methoxy groups -OCH3 is 1. The van der Waals surface area contributed by atoms with Gasteiger partial charge < -0.3 is 15.8 Å². The summed E-state index contributed by atoms with van der Waals surface area (Å²) in [6.45, 7) is 1.87. The normalized spacial score (nSPS) is 10.0. The molecule has 0 radical (unpaired) electrons. The largest absolute Gasteiger partial charge is 0.496 e. The maximum atomic E-state index is 12.2. The van der Waals surface area contributed by atoms with Crippen LogP contribution in [0.4, 0.5) is 11.4 Å². The Morgan fingerprint density at radius 3 is 2.84 bits per heavy atom. The van der Waals surface area contributed by atoms with Gasteiger partial charge in [-0.1, -0.05) is 0 Å². The number of rotatable bonds is 3. The minimum absolute atomic E-state index is 0.265. The third-order valence-corrected chi connectivity index (χ3v) is 2.74. The highest BCUT2D eigenvalue weighted by atomic mass is 16.5. The number of nitrogens with two attached hydrogens (primary N) is 1. The van der Waals surface area contributed by atoms with Crippen LogP contribution in [-0.4, -0.2) is 18.0 Å². The molecule has 0 saturated heterocycles. The Labute approximate surface area is 111 Å². The summed E-state index contributed by atoms with van der Waals surface area (Å²) < 4.78 is 5.16. The van der Waals surface area contributed by atoms with E-state index in [9.17, 15) is 4.79 Å². The summed E-state index contributed by atoms with van der Waals surface area (Å²) in [6.07, 6.45) is 3.31. The summed E-state index contributed by atoms with van der Waals surface area (Å²) >= 11 is 0. The molecule has 1 amide bonds. The number of hydrogen-bond donors (Lipinski definition) is 2. The molecule has 1 heterocycles. The van der Waals surface area contributed by atoms with Gasteiger partial charge in [0, 0.05) is 23.8 Å². The zero-order valence-electron chi connectivity index (χ0n) is 10.8. The van der Waals surface area contributed by atoms with E-state index >= 15 is 0 Å². The summed E-state index contributed by atoms with van der Waals surface area (Å²) in [5.41, 5.74) is 8.21. The van der Waals surface area contributed by atoms with Gasteiger partial charge in [0.15, 0.2) is 0 Å². The van der Waals surface area contributed by atoms with Gasteiger partial charge in [-0.2, -0.15) is 0 Å². The maximum Gasteiger partial charge on any atom is 0.259 e. The van der Waals surface area contributed by atoms with E-state index in [4.69, 9.17) is 10.5 Å². The fourth-order valence-electron chi connectivity index (χ4n) is 1.71. The smallest absolute Gasteiger partial charge is 0.259 e. The molecule has 98 valence electrons. The first-order valence-electron chi connectivity index (χ1n) is 5.77. The molecule has 0 saturated carbocycles. The molecule has 0 aliphatic heterocycles. The van der Waals surface area contributed by atoms with Gasteiger partial charge in [-0.15, -0.1) is 0 Å². The Hall–Kier alpha value is -2.56. The fourth-order valence-corrected chi connectivity index (χ4v) is 1.71. The van der Waals surface area contributed by atoms with Crippen LogP contribution in [0, 0.1) is 6.92 Å². The first-order valence-corrected chi connectivity index (χ1v) is 5.77. The number of amides is 1. The Morgan fingerprint density at radius 2 is 2.16 bits per heavy atom. The fraction of sp³-hybridized carbons (Fsp3) is 0.143. The van der Waals surface area contributed by atoms with E-state index in [1.54, 1.807) is 36.7 Å². The lowest BCUT2D eigenvalue weighted by atomic mass is 10.1. The number of carbonyl (C=O) groups excluding carboxylic acids is 1. The molecular weight excluding hydrogens is 242 g/mol. The quantitative estimate of drug-likeness (QED) is 0.827. The van der Waals surface area contributed by atoms with Crippen molar-refractivity contribution in [1.82, 2.24) is 4.98 Å². The van der Waals surface area contributed by atoms with E-state index in [0.29, 0.717) is 22.7 Å². The lowest BCUT2D eigenvalue weighted by molar-refractivity contribution is 0.102. The van der Waals surface area contributed by atoms with Crippen molar-refractivity contribution in [1.29, 1.82) is 0 Å². The summed E-state index contributed by atoms with van der Waals surface area (Å²) in [7, 11) is 1.51. The molecule has 0 spiro atoms. The van der Waals surface area contributed by atoms with Crippen molar-refractivity contribution in [3.63, 3.8) is 0 Å². The second-order valence-electron chi connectivity index (χ2n) is 4.10. The molecule has 1 aromatic carbocycles. The van der Waals surface area contributed by atoms with Gasteiger partial charge in [0.25, 0.3) is 5.91 Å². The van der Waals surface area contributed by atoms with Gasteiger partial charge in [-0.25, -0.2) is 0 Å². The average Bonchev–Trinajstić information content (AvgIpc) is 2.41. The number of benzene rings is 1. The van der Waals surface area contributed by atoms with E-state index in [0.717, 1.165) is 5.56 Å². The molecule has 5 heteroatoms. The number of anilines is 2. The molecule has 1 aromatic heterocycles. The minimum atomic E-state index is -0.265. The Kier molecular flexibility index (Phi) is 3.66. The first kappa shape index (κ1) is 12.9. The van der Waals surface area contributed by atoms with E-state index in [2.05, 4.69) is 10.3 Å². The summed E-state index contributed by atoms with van der Waals surface area (Å²) in [6, 6.07) is 6.69. The van der Waals surface area contributed by atoms with Crippen LogP contribution in [0.25, 0.3) is 0 Å².